The lowest BCUT2D eigenvalue weighted by molar-refractivity contribution is -0.116. The van der Waals surface area contributed by atoms with Crippen LogP contribution in [0.5, 0.6) is 5.75 Å². The van der Waals surface area contributed by atoms with Crippen LogP contribution in [0, 0.1) is 0 Å². The van der Waals surface area contributed by atoms with Crippen LogP contribution in [0.2, 0.25) is 0 Å². The van der Waals surface area contributed by atoms with Crippen LogP contribution in [0.3, 0.4) is 0 Å². The van der Waals surface area contributed by atoms with Gasteiger partial charge in [-0.1, -0.05) is 6.07 Å². The van der Waals surface area contributed by atoms with E-state index in [0.717, 1.165) is 48.5 Å². The van der Waals surface area contributed by atoms with Gasteiger partial charge in [0.15, 0.2) is 19.7 Å². The second kappa shape index (κ2) is 18.7. The van der Waals surface area contributed by atoms with Crippen LogP contribution in [0.4, 0.5) is 34.1 Å². The molecular formula is C31H33ClN6O16S5. The van der Waals surface area contributed by atoms with Gasteiger partial charge >= 0.3 is 10.4 Å². The summed E-state index contributed by atoms with van der Waals surface area (Å²) in [6.45, 7) is -0.884. The molecule has 0 saturated heterocycles. The number of sulfone groups is 2. The fourth-order valence-corrected chi connectivity index (χ4v) is 9.44. The number of azo groups is 2. The number of benzene rings is 4. The number of hydrogen-bond donors (Lipinski definition) is 6. The molecule has 6 N–H and O–H groups in total. The van der Waals surface area contributed by atoms with Crippen molar-refractivity contribution in [2.45, 2.75) is 27.5 Å². The van der Waals surface area contributed by atoms with E-state index in [0.29, 0.717) is 0 Å². The fourth-order valence-electron chi connectivity index (χ4n) is 5.07. The van der Waals surface area contributed by atoms with E-state index in [-0.39, 0.29) is 62.9 Å². The molecule has 0 aliphatic heterocycles. The second-order valence-corrected chi connectivity index (χ2v) is 20.7. The molecule has 0 bridgehead atoms. The highest BCUT2D eigenvalue weighted by Gasteiger charge is 2.23. The quantitative estimate of drug-likeness (QED) is 0.0414. The van der Waals surface area contributed by atoms with E-state index in [1.54, 1.807) is 0 Å². The van der Waals surface area contributed by atoms with Crippen LogP contribution in [-0.2, 0) is 59.3 Å². The highest BCUT2D eigenvalue weighted by molar-refractivity contribution is 7.91. The second-order valence-electron chi connectivity index (χ2n) is 12.0. The summed E-state index contributed by atoms with van der Waals surface area (Å²) < 4.78 is 152. The van der Waals surface area contributed by atoms with Crippen molar-refractivity contribution in [3.8, 4) is 5.75 Å². The summed E-state index contributed by atoms with van der Waals surface area (Å²) in [6.07, 6.45) is -0.516. The van der Waals surface area contributed by atoms with Crippen molar-refractivity contribution in [1.82, 2.24) is 0 Å². The minimum Gasteiger partial charge on any atom is -0.507 e. The minimum absolute atomic E-state index is 0.0374. The van der Waals surface area contributed by atoms with Crippen LogP contribution in [0.15, 0.2) is 95.8 Å². The van der Waals surface area contributed by atoms with Crippen molar-refractivity contribution in [2.24, 2.45) is 20.5 Å². The van der Waals surface area contributed by atoms with Crippen molar-refractivity contribution in [3.63, 3.8) is 0 Å². The fraction of sp³-hybridized carbons (Fsp3) is 0.258. The molecule has 0 radical (unpaired) electrons. The van der Waals surface area contributed by atoms with Gasteiger partial charge in [-0.05, 0) is 60.3 Å². The molecule has 0 saturated carbocycles. The zero-order chi connectivity index (χ0) is 44.0. The molecule has 0 aliphatic carbocycles. The number of nitrogens with one attached hydrogen (secondary N) is 2. The largest absolute Gasteiger partial charge is 0.507 e. The highest BCUT2D eigenvalue weighted by atomic mass is 35.5. The van der Waals surface area contributed by atoms with Gasteiger partial charge in [0.1, 0.15) is 27.7 Å². The molecular weight excluding hydrogens is 908 g/mol. The molecule has 0 atom stereocenters. The first kappa shape index (κ1) is 47.0. The summed E-state index contributed by atoms with van der Waals surface area (Å²) >= 11 is 5.53. The maximum atomic E-state index is 13.0. The van der Waals surface area contributed by atoms with Crippen molar-refractivity contribution < 1.29 is 69.8 Å². The Morgan fingerprint density at radius 3 is 1.98 bits per heavy atom. The first-order valence-electron chi connectivity index (χ1n) is 16.3. The van der Waals surface area contributed by atoms with E-state index in [4.69, 9.17) is 16.2 Å². The molecule has 59 heavy (non-hydrogen) atoms. The lowest BCUT2D eigenvalue weighted by Gasteiger charge is -2.13. The maximum absolute atomic E-state index is 13.0. The molecule has 0 heterocycles. The maximum Gasteiger partial charge on any atom is 0.397 e. The Labute approximate surface area is 342 Å². The summed E-state index contributed by atoms with van der Waals surface area (Å²) in [4.78, 5) is 11.2. The van der Waals surface area contributed by atoms with Crippen LogP contribution in [-0.4, -0.2) is 104 Å². The number of alkyl halides is 1. The van der Waals surface area contributed by atoms with Gasteiger partial charge in [0, 0.05) is 25.4 Å². The van der Waals surface area contributed by atoms with E-state index in [9.17, 15) is 61.1 Å². The monoisotopic (exact) mass is 940 g/mol. The third-order valence-corrected chi connectivity index (χ3v) is 13.8. The Bertz CT molecular complexity index is 2890. The van der Waals surface area contributed by atoms with Gasteiger partial charge in [0.05, 0.1) is 56.1 Å². The van der Waals surface area contributed by atoms with Gasteiger partial charge in [-0.2, -0.15) is 30.4 Å². The van der Waals surface area contributed by atoms with E-state index in [2.05, 4.69) is 35.3 Å². The normalized spacial score (nSPS) is 13.0. The Balaban J connectivity index is 1.81. The molecule has 0 fully saturated rings. The number of hydrogen-bond acceptors (Lipinski definition) is 18. The molecule has 0 spiro atoms. The minimum atomic E-state index is -5.19. The highest BCUT2D eigenvalue weighted by Crippen LogP contribution is 2.43. The molecule has 22 nitrogen and oxygen atoms in total. The summed E-state index contributed by atoms with van der Waals surface area (Å²) in [5, 5.41) is 31.9. The van der Waals surface area contributed by atoms with Gasteiger partial charge < -0.3 is 15.7 Å². The Hall–Kier alpha value is -4.71. The molecule has 4 aromatic carbocycles. The Morgan fingerprint density at radius 2 is 1.39 bits per heavy atom. The summed E-state index contributed by atoms with van der Waals surface area (Å²) in [5.74, 6) is -3.17. The number of anilines is 2. The van der Waals surface area contributed by atoms with Crippen molar-refractivity contribution in [2.75, 3.05) is 47.4 Å². The van der Waals surface area contributed by atoms with Gasteiger partial charge in [0.2, 0.25) is 5.91 Å². The lowest BCUT2D eigenvalue weighted by atomic mass is 10.1. The van der Waals surface area contributed by atoms with Gasteiger partial charge in [-0.3, -0.25) is 18.5 Å². The summed E-state index contributed by atoms with van der Waals surface area (Å²) in [5.41, 5.74) is -1.37. The van der Waals surface area contributed by atoms with E-state index in [1.165, 1.54) is 19.2 Å². The Kier molecular flexibility index (Phi) is 14.9. The third kappa shape index (κ3) is 13.1. The molecule has 28 heteroatoms. The predicted octanol–water partition coefficient (Wildman–Crippen LogP) is 4.88. The molecule has 0 unspecified atom stereocenters. The SMILES string of the molecule is CNc1ccc2cc(S(=O)(=O)O)cc(O)c2c1N=Nc1cc(NC(=O)CCCS(=O)(=O)CCCl)c(N=Nc2ccc(S(=O)(=O)CCOS(=O)(=O)O)cc2)cc1S(=O)(=O)O. The Morgan fingerprint density at radius 1 is 0.729 bits per heavy atom. The predicted molar refractivity (Wildman–Crippen MR) is 213 cm³/mol. The zero-order valence-electron chi connectivity index (χ0n) is 30.1. The number of amides is 1. The number of halogens is 1. The van der Waals surface area contributed by atoms with Gasteiger partial charge in [-0.15, -0.1) is 26.9 Å². The number of phenolic OH excluding ortho intramolecular Hbond substituents is 1. The van der Waals surface area contributed by atoms with Crippen molar-refractivity contribution >= 4 is 113 Å². The van der Waals surface area contributed by atoms with Crippen LogP contribution < -0.4 is 10.6 Å². The molecule has 0 aliphatic rings. The average Bonchev–Trinajstić information content (AvgIpc) is 3.11. The zero-order valence-corrected chi connectivity index (χ0v) is 35.0. The van der Waals surface area contributed by atoms with Crippen molar-refractivity contribution in [1.29, 1.82) is 0 Å². The molecule has 0 aromatic heterocycles. The van der Waals surface area contributed by atoms with Crippen LogP contribution in [0.25, 0.3) is 10.8 Å². The molecule has 4 aromatic rings. The number of carbonyl (C=O) groups is 1. The number of nitrogens with zero attached hydrogens (tertiary/aromatic N) is 4. The first-order valence-corrected chi connectivity index (χ1v) is 24.5. The van der Waals surface area contributed by atoms with E-state index >= 15 is 0 Å². The lowest BCUT2D eigenvalue weighted by Crippen LogP contribution is -2.16. The van der Waals surface area contributed by atoms with Crippen molar-refractivity contribution in [3.05, 3.63) is 60.7 Å². The third-order valence-electron chi connectivity index (χ3n) is 7.80. The van der Waals surface area contributed by atoms with E-state index in [1.807, 2.05) is 0 Å². The number of fused-ring (bicyclic) bond motifs is 1. The van der Waals surface area contributed by atoms with Gasteiger partial charge in [0.25, 0.3) is 20.2 Å². The van der Waals surface area contributed by atoms with Gasteiger partial charge in [-0.25, -0.2) is 21.0 Å². The average molecular weight is 941 g/mol. The van der Waals surface area contributed by atoms with Crippen LogP contribution >= 0.6 is 11.6 Å². The number of carbonyl (C=O) groups excluding carboxylic acids is 1. The number of phenols is 1. The van der Waals surface area contributed by atoms with Crippen LogP contribution in [0.1, 0.15) is 12.8 Å². The topological polar surface area (TPSA) is 351 Å². The number of rotatable bonds is 19. The first-order chi connectivity index (χ1) is 27.3. The summed E-state index contributed by atoms with van der Waals surface area (Å²) in [6, 6.07) is 10.7. The molecule has 1 amide bonds. The molecule has 4 rings (SSSR count). The standard InChI is InChI=1S/C31H33ClN6O16S5/c1-33-23-9-4-19-15-22(57(45,46)47)16-27(39)30(19)31(23)38-37-26-17-24(34-29(40)3-2-12-55(41,42)13-10-32)25(18-28(26)58(48,49)50)36-35-20-5-7-21(8-6-20)56(43,44)14-11-54-59(51,52)53/h4-9,15-18,33,39H,2-3,10-14H2,1H3,(H,34,40)(H,45,46,47)(H,48,49,50)(H,51,52,53). The van der Waals surface area contributed by atoms with E-state index < -0.39 is 101 Å². The number of aromatic hydroxyl groups is 1. The smallest absolute Gasteiger partial charge is 0.397 e. The summed E-state index contributed by atoms with van der Waals surface area (Å²) in [7, 11) is -21.1. The molecule has 320 valence electrons.